The van der Waals surface area contributed by atoms with Gasteiger partial charge in [0.1, 0.15) is 11.5 Å². The van der Waals surface area contributed by atoms with Crippen molar-refractivity contribution < 1.29 is 19.1 Å². The van der Waals surface area contributed by atoms with Crippen LogP contribution >= 0.6 is 0 Å². The normalized spacial score (nSPS) is 21.8. The Kier molecular flexibility index (Phi) is 4.88. The van der Waals surface area contributed by atoms with Crippen LogP contribution in [0.3, 0.4) is 0 Å². The highest BCUT2D eigenvalue weighted by Gasteiger charge is 2.27. The maximum atomic E-state index is 12.1. The first-order valence-corrected chi connectivity index (χ1v) is 7.25. The van der Waals surface area contributed by atoms with E-state index in [9.17, 15) is 9.59 Å². The third-order valence-corrected chi connectivity index (χ3v) is 3.94. The number of aliphatic carboxylic acids is 1. The van der Waals surface area contributed by atoms with E-state index >= 15 is 0 Å². The van der Waals surface area contributed by atoms with Gasteiger partial charge >= 0.3 is 12.0 Å². The minimum absolute atomic E-state index is 0.0638. The lowest BCUT2D eigenvalue weighted by Gasteiger charge is -2.28. The number of carbonyl (C=O) groups is 2. The molecule has 6 nitrogen and oxygen atoms in total. The Labute approximate surface area is 124 Å². The van der Waals surface area contributed by atoms with Crippen LogP contribution in [0.4, 0.5) is 4.79 Å². The lowest BCUT2D eigenvalue weighted by molar-refractivity contribution is -0.142. The number of carboxylic acids is 1. The highest BCUT2D eigenvalue weighted by Crippen LogP contribution is 2.24. The number of amides is 2. The van der Waals surface area contributed by atoms with Crippen molar-refractivity contribution >= 4 is 12.0 Å². The van der Waals surface area contributed by atoms with Crippen LogP contribution < -0.4 is 5.32 Å². The quantitative estimate of drug-likeness (QED) is 0.893. The Morgan fingerprint density at radius 1 is 1.33 bits per heavy atom. The number of hydrogen-bond donors (Lipinski definition) is 2. The van der Waals surface area contributed by atoms with E-state index in [4.69, 9.17) is 9.52 Å². The van der Waals surface area contributed by atoms with Gasteiger partial charge in [-0.2, -0.15) is 0 Å². The fourth-order valence-electron chi connectivity index (χ4n) is 2.65. The van der Waals surface area contributed by atoms with Crippen LogP contribution in [-0.4, -0.2) is 35.1 Å². The molecular weight excluding hydrogens is 272 g/mol. The third-order valence-electron chi connectivity index (χ3n) is 3.94. The van der Waals surface area contributed by atoms with Crippen LogP contribution in [0, 0.1) is 12.8 Å². The molecule has 0 bridgehead atoms. The Balaban J connectivity index is 1.77. The summed E-state index contributed by atoms with van der Waals surface area (Å²) in [5, 5.41) is 11.9. The van der Waals surface area contributed by atoms with Crippen LogP contribution in [0.5, 0.6) is 0 Å². The maximum absolute atomic E-state index is 12.1. The highest BCUT2D eigenvalue weighted by atomic mass is 16.4. The molecule has 0 unspecified atom stereocenters. The lowest BCUT2D eigenvalue weighted by Crippen LogP contribution is -2.44. The first kappa shape index (κ1) is 15.4. The van der Waals surface area contributed by atoms with E-state index in [1.54, 1.807) is 11.9 Å². The molecule has 1 heterocycles. The number of furan rings is 1. The Bertz CT molecular complexity index is 504. The van der Waals surface area contributed by atoms with Crippen LogP contribution in [0.1, 0.15) is 37.2 Å². The number of hydrogen-bond acceptors (Lipinski definition) is 3. The molecular formula is C15H22N2O4. The molecule has 0 saturated heterocycles. The van der Waals surface area contributed by atoms with E-state index in [-0.39, 0.29) is 18.0 Å². The number of carbonyl (C=O) groups excluding carboxylic acids is 1. The molecule has 21 heavy (non-hydrogen) atoms. The van der Waals surface area contributed by atoms with Crippen molar-refractivity contribution in [2.24, 2.45) is 5.92 Å². The summed E-state index contributed by atoms with van der Waals surface area (Å²) in [4.78, 5) is 24.6. The largest absolute Gasteiger partial charge is 0.481 e. The average molecular weight is 294 g/mol. The van der Waals surface area contributed by atoms with Crippen molar-refractivity contribution in [1.82, 2.24) is 10.2 Å². The van der Waals surface area contributed by atoms with Gasteiger partial charge in [-0.25, -0.2) is 4.79 Å². The summed E-state index contributed by atoms with van der Waals surface area (Å²) in [6.07, 6.45) is 2.69. The van der Waals surface area contributed by atoms with E-state index in [1.165, 1.54) is 0 Å². The van der Waals surface area contributed by atoms with E-state index in [2.05, 4.69) is 5.32 Å². The Morgan fingerprint density at radius 2 is 2.00 bits per heavy atom. The summed E-state index contributed by atoms with van der Waals surface area (Å²) >= 11 is 0. The first-order chi connectivity index (χ1) is 9.95. The standard InChI is InChI=1S/C15H22N2O4/c1-10-3-8-13(21-10)9-17(2)15(20)16-12-6-4-11(5-7-12)14(18)19/h3,8,11-12H,4-7,9H2,1-2H3,(H,16,20)(H,18,19). The van der Waals surface area contributed by atoms with Gasteiger partial charge in [-0.05, 0) is 44.7 Å². The Morgan fingerprint density at radius 3 is 2.52 bits per heavy atom. The number of nitrogens with one attached hydrogen (secondary N) is 1. The Hall–Kier alpha value is -1.98. The minimum Gasteiger partial charge on any atom is -0.481 e. The molecule has 1 aromatic heterocycles. The van der Waals surface area contributed by atoms with Crippen LogP contribution in [0.2, 0.25) is 0 Å². The zero-order chi connectivity index (χ0) is 15.4. The van der Waals surface area contributed by atoms with E-state index < -0.39 is 5.97 Å². The fraction of sp³-hybridized carbons (Fsp3) is 0.600. The second kappa shape index (κ2) is 6.65. The number of urea groups is 1. The second-order valence-electron chi connectivity index (χ2n) is 5.70. The molecule has 2 amide bonds. The highest BCUT2D eigenvalue weighted by molar-refractivity contribution is 5.74. The molecule has 0 aliphatic heterocycles. The summed E-state index contributed by atoms with van der Waals surface area (Å²) in [5.41, 5.74) is 0. The lowest BCUT2D eigenvalue weighted by atomic mass is 9.86. The molecule has 0 aromatic carbocycles. The van der Waals surface area contributed by atoms with Gasteiger partial charge in [0.2, 0.25) is 0 Å². The monoisotopic (exact) mass is 294 g/mol. The van der Waals surface area contributed by atoms with Crippen molar-refractivity contribution in [2.45, 2.75) is 45.2 Å². The molecule has 1 aliphatic carbocycles. The summed E-state index contributed by atoms with van der Waals surface area (Å²) in [5.74, 6) is 0.581. The number of rotatable bonds is 4. The van der Waals surface area contributed by atoms with Gasteiger partial charge in [-0.15, -0.1) is 0 Å². The summed E-state index contributed by atoms with van der Waals surface area (Å²) in [6.45, 7) is 2.29. The summed E-state index contributed by atoms with van der Waals surface area (Å²) in [6, 6.07) is 3.64. The molecule has 2 rings (SSSR count). The predicted octanol–water partition coefficient (Wildman–Crippen LogP) is 2.37. The molecule has 0 atom stereocenters. The molecule has 1 aromatic rings. The number of aryl methyl sites for hydroxylation is 1. The SMILES string of the molecule is Cc1ccc(CN(C)C(=O)NC2CCC(C(=O)O)CC2)o1. The topological polar surface area (TPSA) is 82.8 Å². The maximum Gasteiger partial charge on any atom is 0.317 e. The molecule has 6 heteroatoms. The van der Waals surface area contributed by atoms with Crippen molar-refractivity contribution in [2.75, 3.05) is 7.05 Å². The van der Waals surface area contributed by atoms with Gasteiger partial charge in [0, 0.05) is 13.1 Å². The third kappa shape index (κ3) is 4.24. The van der Waals surface area contributed by atoms with Crippen molar-refractivity contribution in [1.29, 1.82) is 0 Å². The molecule has 0 spiro atoms. The summed E-state index contributed by atoms with van der Waals surface area (Å²) < 4.78 is 5.45. The molecule has 1 aliphatic rings. The van der Waals surface area contributed by atoms with Crippen molar-refractivity contribution in [3.8, 4) is 0 Å². The zero-order valence-electron chi connectivity index (χ0n) is 12.5. The predicted molar refractivity (Wildman–Crippen MR) is 76.8 cm³/mol. The zero-order valence-corrected chi connectivity index (χ0v) is 12.5. The van der Waals surface area contributed by atoms with Crippen LogP contribution in [-0.2, 0) is 11.3 Å². The molecule has 116 valence electrons. The fourth-order valence-corrected chi connectivity index (χ4v) is 2.65. The van der Waals surface area contributed by atoms with E-state index in [1.807, 2.05) is 19.1 Å². The van der Waals surface area contributed by atoms with E-state index in [0.717, 1.165) is 24.4 Å². The smallest absolute Gasteiger partial charge is 0.317 e. The first-order valence-electron chi connectivity index (χ1n) is 7.25. The van der Waals surface area contributed by atoms with Crippen LogP contribution in [0.25, 0.3) is 0 Å². The van der Waals surface area contributed by atoms with Gasteiger partial charge in [0.25, 0.3) is 0 Å². The minimum atomic E-state index is -0.731. The molecule has 1 saturated carbocycles. The summed E-state index contributed by atoms with van der Waals surface area (Å²) in [7, 11) is 1.72. The van der Waals surface area contributed by atoms with Crippen molar-refractivity contribution in [3.63, 3.8) is 0 Å². The second-order valence-corrected chi connectivity index (χ2v) is 5.70. The van der Waals surface area contributed by atoms with Crippen molar-refractivity contribution in [3.05, 3.63) is 23.7 Å². The van der Waals surface area contributed by atoms with E-state index in [0.29, 0.717) is 19.4 Å². The van der Waals surface area contributed by atoms with Gasteiger partial charge in [0.05, 0.1) is 12.5 Å². The molecule has 1 fully saturated rings. The van der Waals surface area contributed by atoms with Gasteiger partial charge in [0.15, 0.2) is 0 Å². The van der Waals surface area contributed by atoms with Crippen LogP contribution in [0.15, 0.2) is 16.5 Å². The van der Waals surface area contributed by atoms with Gasteiger partial charge in [-0.1, -0.05) is 0 Å². The van der Waals surface area contributed by atoms with Gasteiger partial charge in [-0.3, -0.25) is 4.79 Å². The molecule has 2 N–H and O–H groups in total. The number of carboxylic acid groups (broad SMARTS) is 1. The average Bonchev–Trinajstić information content (AvgIpc) is 2.84. The number of nitrogens with zero attached hydrogens (tertiary/aromatic N) is 1. The van der Waals surface area contributed by atoms with Gasteiger partial charge < -0.3 is 19.7 Å². The molecule has 0 radical (unpaired) electrons.